The Morgan fingerprint density at radius 2 is 1.22 bits per heavy atom. The first-order valence-electron chi connectivity index (χ1n) is 11.1. The van der Waals surface area contributed by atoms with Gasteiger partial charge in [-0.05, 0) is 29.5 Å². The number of nitrogens with one attached hydrogen (secondary N) is 2. The highest BCUT2D eigenvalue weighted by Gasteiger charge is 2.45. The standard InChI is InChI=1S/C26H23F4N3O2S/c27-24-32-22(17-10-18-31-36(34,35)26(28,29)30)23(33-24)25(19-11-4-1-5-12-19,20-13-6-2-7-14-20)21-15-8-3-9-16-21/h1-9,11-16,31H,10,17-18H2,(H,32,33). The fourth-order valence-corrected chi connectivity index (χ4v) is 4.99. The van der Waals surface area contributed by atoms with Gasteiger partial charge in [-0.3, -0.25) is 0 Å². The Kier molecular flexibility index (Phi) is 7.28. The average Bonchev–Trinajstić information content (AvgIpc) is 3.24. The van der Waals surface area contributed by atoms with Gasteiger partial charge in [0, 0.05) is 6.54 Å². The van der Waals surface area contributed by atoms with Crippen LogP contribution >= 0.6 is 0 Å². The highest BCUT2D eigenvalue weighted by Crippen LogP contribution is 2.45. The summed E-state index contributed by atoms with van der Waals surface area (Å²) in [4.78, 5) is 6.78. The van der Waals surface area contributed by atoms with Gasteiger partial charge in [-0.25, -0.2) is 18.1 Å². The van der Waals surface area contributed by atoms with Crippen LogP contribution in [0, 0.1) is 6.08 Å². The first-order chi connectivity index (χ1) is 17.2. The van der Waals surface area contributed by atoms with Crippen molar-refractivity contribution < 1.29 is 26.0 Å². The summed E-state index contributed by atoms with van der Waals surface area (Å²) in [5.74, 6) is 0. The number of benzene rings is 3. The number of H-pyrrole nitrogens is 1. The molecule has 0 aliphatic rings. The van der Waals surface area contributed by atoms with E-state index in [4.69, 9.17) is 0 Å². The Morgan fingerprint density at radius 1 is 0.778 bits per heavy atom. The van der Waals surface area contributed by atoms with Crippen molar-refractivity contribution in [2.24, 2.45) is 0 Å². The molecule has 0 unspecified atom stereocenters. The van der Waals surface area contributed by atoms with Crippen LogP contribution in [-0.2, 0) is 21.9 Å². The second-order valence-electron chi connectivity index (χ2n) is 8.14. The van der Waals surface area contributed by atoms with Crippen LogP contribution in [0.15, 0.2) is 91.0 Å². The minimum Gasteiger partial charge on any atom is -0.316 e. The molecule has 188 valence electrons. The number of sulfonamides is 1. The maximum absolute atomic E-state index is 14.7. The first-order valence-corrected chi connectivity index (χ1v) is 12.6. The summed E-state index contributed by atoms with van der Waals surface area (Å²) in [5.41, 5.74) is -3.25. The molecule has 0 bridgehead atoms. The van der Waals surface area contributed by atoms with Crippen LogP contribution in [0.1, 0.15) is 34.5 Å². The maximum Gasteiger partial charge on any atom is 0.511 e. The number of hydrogen-bond donors (Lipinski definition) is 2. The normalized spacial score (nSPS) is 12.6. The Balaban J connectivity index is 1.82. The molecule has 4 rings (SSSR count). The van der Waals surface area contributed by atoms with E-state index in [0.717, 1.165) is 16.7 Å². The van der Waals surface area contributed by atoms with Gasteiger partial charge in [-0.15, -0.1) is 0 Å². The topological polar surface area (TPSA) is 74.8 Å². The average molecular weight is 518 g/mol. The molecule has 0 atom stereocenters. The third-order valence-corrected chi connectivity index (χ3v) is 7.13. The van der Waals surface area contributed by atoms with E-state index in [-0.39, 0.29) is 18.5 Å². The van der Waals surface area contributed by atoms with E-state index >= 15 is 0 Å². The van der Waals surface area contributed by atoms with Crippen molar-refractivity contribution in [3.05, 3.63) is 125 Å². The van der Waals surface area contributed by atoms with Gasteiger partial charge in [0.25, 0.3) is 6.08 Å². The number of aryl methyl sites for hydroxylation is 1. The van der Waals surface area contributed by atoms with Gasteiger partial charge >= 0.3 is 15.5 Å². The van der Waals surface area contributed by atoms with Crippen LogP contribution < -0.4 is 4.72 Å². The second kappa shape index (κ2) is 10.2. The number of aromatic amines is 1. The van der Waals surface area contributed by atoms with E-state index in [9.17, 15) is 26.0 Å². The molecule has 0 saturated heterocycles. The summed E-state index contributed by atoms with van der Waals surface area (Å²) < 4.78 is 76.9. The fraction of sp³-hybridized carbons (Fsp3) is 0.192. The largest absolute Gasteiger partial charge is 0.511 e. The summed E-state index contributed by atoms with van der Waals surface area (Å²) in [7, 11) is -5.47. The molecule has 2 N–H and O–H groups in total. The molecule has 0 aliphatic carbocycles. The molecule has 36 heavy (non-hydrogen) atoms. The van der Waals surface area contributed by atoms with Crippen molar-refractivity contribution in [3.63, 3.8) is 0 Å². The summed E-state index contributed by atoms with van der Waals surface area (Å²) in [5, 5.41) is 0. The lowest BCUT2D eigenvalue weighted by Crippen LogP contribution is -2.37. The minimum atomic E-state index is -5.47. The lowest BCUT2D eigenvalue weighted by molar-refractivity contribution is -0.0447. The molecule has 5 nitrogen and oxygen atoms in total. The molecular weight excluding hydrogens is 494 g/mol. The molecule has 0 amide bonds. The summed E-state index contributed by atoms with van der Waals surface area (Å²) in [6, 6.07) is 28.3. The number of rotatable bonds is 9. The van der Waals surface area contributed by atoms with E-state index in [0.29, 0.717) is 5.69 Å². The molecule has 0 fully saturated rings. The SMILES string of the molecule is O=S(=O)(NCCCc1nc(F)[nH]c1C(c1ccccc1)(c1ccccc1)c1ccccc1)C(F)(F)F. The predicted octanol–water partition coefficient (Wildman–Crippen LogP) is 5.30. The molecule has 0 spiro atoms. The van der Waals surface area contributed by atoms with E-state index in [1.54, 1.807) is 4.72 Å². The number of hydrogen-bond acceptors (Lipinski definition) is 3. The summed E-state index contributed by atoms with van der Waals surface area (Å²) in [6.45, 7) is -0.481. The number of nitrogens with zero attached hydrogens (tertiary/aromatic N) is 1. The number of alkyl halides is 3. The van der Waals surface area contributed by atoms with E-state index in [2.05, 4.69) is 9.97 Å². The van der Waals surface area contributed by atoms with Crippen molar-refractivity contribution >= 4 is 10.0 Å². The third-order valence-electron chi connectivity index (χ3n) is 5.93. The van der Waals surface area contributed by atoms with Gasteiger partial charge in [-0.1, -0.05) is 91.0 Å². The molecular formula is C26H23F4N3O2S. The van der Waals surface area contributed by atoms with Crippen LogP contribution in [0.4, 0.5) is 17.6 Å². The van der Waals surface area contributed by atoms with E-state index < -0.39 is 33.6 Å². The molecule has 0 aliphatic heterocycles. The van der Waals surface area contributed by atoms with Crippen LogP contribution in [0.3, 0.4) is 0 Å². The second-order valence-corrected chi connectivity index (χ2v) is 9.90. The molecule has 10 heteroatoms. The van der Waals surface area contributed by atoms with Crippen molar-refractivity contribution in [2.45, 2.75) is 23.8 Å². The maximum atomic E-state index is 14.7. The molecule has 3 aromatic carbocycles. The van der Waals surface area contributed by atoms with Crippen LogP contribution in [0.2, 0.25) is 0 Å². The number of aromatic nitrogens is 2. The van der Waals surface area contributed by atoms with Crippen LogP contribution in [-0.4, -0.2) is 30.4 Å². The Labute approximate surface area is 206 Å². The first kappa shape index (κ1) is 25.6. The number of imidazole rings is 1. The van der Waals surface area contributed by atoms with Gasteiger partial charge in [-0.2, -0.15) is 17.6 Å². The zero-order valence-corrected chi connectivity index (χ0v) is 19.8. The quantitative estimate of drug-likeness (QED) is 0.180. The highest BCUT2D eigenvalue weighted by atomic mass is 32.2. The van der Waals surface area contributed by atoms with Crippen LogP contribution in [0.5, 0.6) is 0 Å². The van der Waals surface area contributed by atoms with Crippen molar-refractivity contribution in [1.82, 2.24) is 14.7 Å². The predicted molar refractivity (Wildman–Crippen MR) is 128 cm³/mol. The van der Waals surface area contributed by atoms with E-state index in [1.165, 1.54) is 0 Å². The van der Waals surface area contributed by atoms with Crippen molar-refractivity contribution in [2.75, 3.05) is 6.54 Å². The molecule has 0 radical (unpaired) electrons. The molecule has 1 aromatic heterocycles. The molecule has 4 aromatic rings. The highest BCUT2D eigenvalue weighted by molar-refractivity contribution is 7.90. The Morgan fingerprint density at radius 3 is 1.64 bits per heavy atom. The smallest absolute Gasteiger partial charge is 0.316 e. The van der Waals surface area contributed by atoms with Crippen molar-refractivity contribution in [3.8, 4) is 0 Å². The zero-order chi connectivity index (χ0) is 25.8. The molecule has 1 heterocycles. The summed E-state index contributed by atoms with van der Waals surface area (Å²) >= 11 is 0. The van der Waals surface area contributed by atoms with Crippen molar-refractivity contribution in [1.29, 1.82) is 0 Å². The van der Waals surface area contributed by atoms with Gasteiger partial charge in [0.05, 0.1) is 16.8 Å². The van der Waals surface area contributed by atoms with Crippen LogP contribution in [0.25, 0.3) is 0 Å². The fourth-order valence-electron chi connectivity index (χ4n) is 4.41. The third kappa shape index (κ3) is 4.91. The van der Waals surface area contributed by atoms with E-state index in [1.807, 2.05) is 91.0 Å². The minimum absolute atomic E-state index is 0.0267. The molecule has 0 saturated carbocycles. The lowest BCUT2D eigenvalue weighted by atomic mass is 9.66. The van der Waals surface area contributed by atoms with Gasteiger partial charge < -0.3 is 4.98 Å². The lowest BCUT2D eigenvalue weighted by Gasteiger charge is -2.36. The van der Waals surface area contributed by atoms with Gasteiger partial charge in [0.1, 0.15) is 0 Å². The van der Waals surface area contributed by atoms with Gasteiger partial charge in [0.2, 0.25) is 0 Å². The Bertz CT molecular complexity index is 1290. The zero-order valence-electron chi connectivity index (χ0n) is 19.0. The number of halogens is 4. The van der Waals surface area contributed by atoms with Gasteiger partial charge in [0.15, 0.2) is 0 Å². The Hall–Kier alpha value is -3.50. The monoisotopic (exact) mass is 517 g/mol. The summed E-state index contributed by atoms with van der Waals surface area (Å²) in [6.07, 6.45) is -0.839.